The van der Waals surface area contributed by atoms with E-state index in [0.717, 1.165) is 11.1 Å². The Morgan fingerprint density at radius 1 is 0.974 bits per heavy atom. The van der Waals surface area contributed by atoms with Gasteiger partial charge in [0.2, 0.25) is 5.82 Å². The average Bonchev–Trinajstić information content (AvgIpc) is 3.67. The van der Waals surface area contributed by atoms with Crippen molar-refractivity contribution in [3.05, 3.63) is 101 Å². The predicted molar refractivity (Wildman–Crippen MR) is 138 cm³/mol. The Hall–Kier alpha value is -4.05. The lowest BCUT2D eigenvalue weighted by molar-refractivity contribution is -0.0505. The molecule has 1 saturated heterocycles. The molecule has 1 aromatic heterocycles. The summed E-state index contributed by atoms with van der Waals surface area (Å²) in [5.41, 5.74) is 9.53. The molecule has 3 aromatic carbocycles. The van der Waals surface area contributed by atoms with Gasteiger partial charge in [0.15, 0.2) is 12.9 Å². The first-order valence-electron chi connectivity index (χ1n) is 12.5. The first-order valence-corrected chi connectivity index (χ1v) is 12.5. The van der Waals surface area contributed by atoms with Crippen LogP contribution in [0.2, 0.25) is 0 Å². The maximum atomic E-state index is 12.3. The van der Waals surface area contributed by atoms with Gasteiger partial charge in [-0.25, -0.2) is 4.79 Å². The van der Waals surface area contributed by atoms with Gasteiger partial charge in [-0.05, 0) is 41.8 Å². The van der Waals surface area contributed by atoms with E-state index in [1.54, 1.807) is 24.3 Å². The largest absolute Gasteiger partial charge is 0.484 e. The zero-order valence-corrected chi connectivity index (χ0v) is 20.8. The molecule has 38 heavy (non-hydrogen) atoms. The van der Waals surface area contributed by atoms with E-state index in [9.17, 15) is 4.79 Å². The second-order valence-corrected chi connectivity index (χ2v) is 8.79. The molecule has 2 N–H and O–H groups in total. The van der Waals surface area contributed by atoms with Crippen LogP contribution in [0.5, 0.6) is 5.75 Å². The monoisotopic (exact) mass is 515 g/mol. The minimum absolute atomic E-state index is 0.109. The Bertz CT molecular complexity index is 1320. The molecule has 0 aliphatic carbocycles. The summed E-state index contributed by atoms with van der Waals surface area (Å²) in [5.74, 6) is 0.998. The number of rotatable bonds is 11. The Morgan fingerprint density at radius 2 is 1.74 bits per heavy atom. The van der Waals surface area contributed by atoms with Crippen molar-refractivity contribution in [2.75, 3.05) is 19.8 Å². The Kier molecular flexibility index (Phi) is 8.39. The van der Waals surface area contributed by atoms with Crippen LogP contribution < -0.4 is 10.5 Å². The molecule has 4 aromatic rings. The summed E-state index contributed by atoms with van der Waals surface area (Å²) in [7, 11) is 0. The van der Waals surface area contributed by atoms with Crippen molar-refractivity contribution < 1.29 is 28.3 Å². The quantitative estimate of drug-likeness (QED) is 0.224. The van der Waals surface area contributed by atoms with Crippen molar-refractivity contribution in [1.82, 2.24) is 10.1 Å². The SMILES string of the molecule is NC(c1ccccc1)c1cccc(OCc2nc(-c3ccc(C(=O)OCCCC4OCCO4)cc3)no2)c1. The van der Waals surface area contributed by atoms with Gasteiger partial charge in [0.1, 0.15) is 5.75 Å². The van der Waals surface area contributed by atoms with Gasteiger partial charge in [0.05, 0.1) is 31.4 Å². The van der Waals surface area contributed by atoms with E-state index in [0.29, 0.717) is 61.3 Å². The van der Waals surface area contributed by atoms with Gasteiger partial charge in [0.25, 0.3) is 5.89 Å². The number of carbonyl (C=O) groups is 1. The van der Waals surface area contributed by atoms with E-state index in [2.05, 4.69) is 10.1 Å². The normalized spacial score (nSPS) is 14.3. The van der Waals surface area contributed by atoms with Gasteiger partial charge < -0.3 is 29.2 Å². The summed E-state index contributed by atoms with van der Waals surface area (Å²) >= 11 is 0. The van der Waals surface area contributed by atoms with Crippen molar-refractivity contribution in [3.63, 3.8) is 0 Å². The summed E-state index contributed by atoms with van der Waals surface area (Å²) in [4.78, 5) is 16.7. The van der Waals surface area contributed by atoms with Crippen LogP contribution in [0.4, 0.5) is 0 Å². The van der Waals surface area contributed by atoms with Crippen LogP contribution in [0.15, 0.2) is 83.4 Å². The lowest BCUT2D eigenvalue weighted by Crippen LogP contribution is -2.11. The molecule has 0 amide bonds. The van der Waals surface area contributed by atoms with Gasteiger partial charge in [-0.2, -0.15) is 4.98 Å². The number of aromatic nitrogens is 2. The van der Waals surface area contributed by atoms with E-state index < -0.39 is 0 Å². The van der Waals surface area contributed by atoms with Crippen molar-refractivity contribution in [2.24, 2.45) is 5.73 Å². The zero-order chi connectivity index (χ0) is 26.2. The molecule has 9 heteroatoms. The fourth-order valence-electron chi connectivity index (χ4n) is 4.05. The van der Waals surface area contributed by atoms with E-state index in [4.69, 9.17) is 29.2 Å². The van der Waals surface area contributed by atoms with Crippen LogP contribution in [0.3, 0.4) is 0 Å². The second-order valence-electron chi connectivity index (χ2n) is 8.79. The number of hydrogen-bond acceptors (Lipinski definition) is 9. The molecule has 2 heterocycles. The van der Waals surface area contributed by atoms with Gasteiger partial charge in [0, 0.05) is 12.0 Å². The maximum Gasteiger partial charge on any atom is 0.338 e. The highest BCUT2D eigenvalue weighted by molar-refractivity contribution is 5.89. The van der Waals surface area contributed by atoms with E-state index in [1.807, 2.05) is 54.6 Å². The molecule has 0 spiro atoms. The van der Waals surface area contributed by atoms with Gasteiger partial charge in [-0.1, -0.05) is 59.8 Å². The lowest BCUT2D eigenvalue weighted by Gasteiger charge is -2.13. The molecular formula is C29H29N3O6. The minimum Gasteiger partial charge on any atom is -0.484 e. The van der Waals surface area contributed by atoms with E-state index >= 15 is 0 Å². The van der Waals surface area contributed by atoms with Crippen LogP contribution in [-0.2, 0) is 20.8 Å². The number of nitrogens with zero attached hydrogens (tertiary/aromatic N) is 2. The van der Waals surface area contributed by atoms with E-state index in [-0.39, 0.29) is 24.9 Å². The average molecular weight is 516 g/mol. The third kappa shape index (κ3) is 6.63. The Labute approximate surface area is 220 Å². The first kappa shape index (κ1) is 25.6. The van der Waals surface area contributed by atoms with Crippen LogP contribution >= 0.6 is 0 Å². The highest BCUT2D eigenvalue weighted by Crippen LogP contribution is 2.24. The third-order valence-electron chi connectivity index (χ3n) is 6.09. The number of nitrogens with two attached hydrogens (primary N) is 1. The lowest BCUT2D eigenvalue weighted by atomic mass is 10.00. The first-order chi connectivity index (χ1) is 18.7. The summed E-state index contributed by atoms with van der Waals surface area (Å²) in [5, 5.41) is 4.03. The number of carbonyl (C=O) groups excluding carboxylic acids is 1. The highest BCUT2D eigenvalue weighted by Gasteiger charge is 2.16. The molecule has 1 fully saturated rings. The van der Waals surface area contributed by atoms with Crippen LogP contribution in [-0.4, -0.2) is 42.2 Å². The summed E-state index contributed by atoms with van der Waals surface area (Å²) < 4.78 is 27.3. The number of esters is 1. The summed E-state index contributed by atoms with van der Waals surface area (Å²) in [6.07, 6.45) is 1.18. The fourth-order valence-corrected chi connectivity index (χ4v) is 4.05. The molecule has 0 saturated carbocycles. The summed E-state index contributed by atoms with van der Waals surface area (Å²) in [6, 6.07) is 24.1. The molecule has 0 bridgehead atoms. The Balaban J connectivity index is 1.12. The van der Waals surface area contributed by atoms with Gasteiger partial charge >= 0.3 is 5.97 Å². The van der Waals surface area contributed by atoms with Crippen molar-refractivity contribution in [3.8, 4) is 17.1 Å². The van der Waals surface area contributed by atoms with Gasteiger partial charge in [-0.3, -0.25) is 0 Å². The molecular weight excluding hydrogens is 486 g/mol. The second kappa shape index (κ2) is 12.5. The van der Waals surface area contributed by atoms with Crippen molar-refractivity contribution in [2.45, 2.75) is 31.8 Å². The molecule has 1 aliphatic heterocycles. The van der Waals surface area contributed by atoms with Crippen LogP contribution in [0.25, 0.3) is 11.4 Å². The van der Waals surface area contributed by atoms with Crippen molar-refractivity contribution in [1.29, 1.82) is 0 Å². The maximum absolute atomic E-state index is 12.3. The van der Waals surface area contributed by atoms with Gasteiger partial charge in [-0.15, -0.1) is 0 Å². The van der Waals surface area contributed by atoms with Crippen molar-refractivity contribution >= 4 is 5.97 Å². The molecule has 1 atom stereocenters. The molecule has 0 radical (unpaired) electrons. The molecule has 1 aliphatic rings. The topological polar surface area (TPSA) is 119 Å². The number of ether oxygens (including phenoxy) is 4. The highest BCUT2D eigenvalue weighted by atomic mass is 16.7. The number of benzene rings is 3. The zero-order valence-electron chi connectivity index (χ0n) is 20.8. The number of hydrogen-bond donors (Lipinski definition) is 1. The van der Waals surface area contributed by atoms with Crippen LogP contribution in [0.1, 0.15) is 46.3 Å². The Morgan fingerprint density at radius 3 is 2.53 bits per heavy atom. The van der Waals surface area contributed by atoms with E-state index in [1.165, 1.54) is 0 Å². The summed E-state index contributed by atoms with van der Waals surface area (Å²) in [6.45, 7) is 1.64. The molecule has 196 valence electrons. The fraction of sp³-hybridized carbons (Fsp3) is 0.276. The molecule has 1 unspecified atom stereocenters. The van der Waals surface area contributed by atoms with Crippen LogP contribution in [0, 0.1) is 0 Å². The third-order valence-corrected chi connectivity index (χ3v) is 6.09. The molecule has 5 rings (SSSR count). The standard InChI is InChI=1S/C29H29N3O6/c30-27(20-6-2-1-3-7-20)23-8-4-9-24(18-23)37-19-25-31-28(32-38-25)21-11-13-22(14-12-21)29(33)36-15-5-10-26-34-16-17-35-26/h1-4,6-9,11-14,18,26-27H,5,10,15-17,19,30H2. The predicted octanol–water partition coefficient (Wildman–Crippen LogP) is 4.67. The molecule has 9 nitrogen and oxygen atoms in total. The smallest absolute Gasteiger partial charge is 0.338 e. The minimum atomic E-state index is -0.388.